The fourth-order valence-corrected chi connectivity index (χ4v) is 7.89. The molecule has 0 unspecified atom stereocenters. The number of phenols is 1. The van der Waals surface area contributed by atoms with E-state index in [1.165, 1.54) is 5.56 Å². The van der Waals surface area contributed by atoms with Crippen molar-refractivity contribution in [2.75, 3.05) is 0 Å². The monoisotopic (exact) mass is 931 g/mol. The second-order valence-electron chi connectivity index (χ2n) is 15.5. The third kappa shape index (κ3) is 6.52. The van der Waals surface area contributed by atoms with Gasteiger partial charge < -0.3 is 9.52 Å². The zero-order valence-electron chi connectivity index (χ0n) is 32.2. The van der Waals surface area contributed by atoms with Gasteiger partial charge in [0.2, 0.25) is 0 Å². The van der Waals surface area contributed by atoms with E-state index in [1.54, 1.807) is 6.07 Å². The maximum absolute atomic E-state index is 11.8. The average Bonchev–Trinajstić information content (AvgIpc) is 3.81. The van der Waals surface area contributed by atoms with Gasteiger partial charge in [-0.1, -0.05) is 147 Å². The number of rotatable bonds is 6. The largest absolute Gasteiger partial charge is 0.507 e. The number of aromatic hydroxyl groups is 1. The Balaban J connectivity index is 0.00000436. The van der Waals surface area contributed by atoms with Crippen LogP contribution >= 0.6 is 0 Å². The number of fused-ring (bicyclic) bond motifs is 4. The number of nitrogens with zero attached hydrogens (tertiary/aromatic N) is 3. The van der Waals surface area contributed by atoms with Gasteiger partial charge in [0.05, 0.1) is 22.3 Å². The molecular formula is C52H38N3O2Pt-. The normalized spacial score (nSPS) is 11.6. The second-order valence-corrected chi connectivity index (χ2v) is 15.5. The predicted molar refractivity (Wildman–Crippen MR) is 233 cm³/mol. The van der Waals surface area contributed by atoms with E-state index in [0.29, 0.717) is 17.0 Å². The minimum absolute atomic E-state index is 0. The molecule has 0 atom stereocenters. The summed E-state index contributed by atoms with van der Waals surface area (Å²) in [7, 11) is 0. The van der Waals surface area contributed by atoms with Gasteiger partial charge in [0, 0.05) is 55.4 Å². The molecule has 0 saturated carbocycles. The van der Waals surface area contributed by atoms with Crippen molar-refractivity contribution in [3.05, 3.63) is 182 Å². The van der Waals surface area contributed by atoms with Gasteiger partial charge >= 0.3 is 0 Å². The summed E-state index contributed by atoms with van der Waals surface area (Å²) in [6.45, 7) is 6.70. The maximum atomic E-state index is 11.8. The van der Waals surface area contributed by atoms with Crippen LogP contribution < -0.4 is 0 Å². The Bertz CT molecular complexity index is 3120. The first-order valence-electron chi connectivity index (χ1n) is 19.2. The number of benzene rings is 7. The Morgan fingerprint density at radius 2 is 1.28 bits per heavy atom. The van der Waals surface area contributed by atoms with E-state index < -0.39 is 0 Å². The molecule has 0 saturated heterocycles. The third-order valence-corrected chi connectivity index (χ3v) is 10.8. The molecule has 10 rings (SSSR count). The van der Waals surface area contributed by atoms with Crippen molar-refractivity contribution in [1.29, 1.82) is 0 Å². The van der Waals surface area contributed by atoms with E-state index in [0.717, 1.165) is 77.7 Å². The number of hydrogen-bond acceptors (Lipinski definition) is 4. The Labute approximate surface area is 351 Å². The molecule has 0 spiro atoms. The predicted octanol–water partition coefficient (Wildman–Crippen LogP) is 13.5. The molecule has 0 aliphatic heterocycles. The van der Waals surface area contributed by atoms with Gasteiger partial charge in [0.25, 0.3) is 0 Å². The number of phenolic OH excluding ortho intramolecular Hbond substituents is 1. The van der Waals surface area contributed by atoms with Crippen molar-refractivity contribution in [1.82, 2.24) is 14.5 Å². The second kappa shape index (κ2) is 14.8. The van der Waals surface area contributed by atoms with Crippen molar-refractivity contribution in [3.63, 3.8) is 0 Å². The third-order valence-electron chi connectivity index (χ3n) is 10.8. The van der Waals surface area contributed by atoms with E-state index in [4.69, 9.17) is 14.4 Å². The van der Waals surface area contributed by atoms with Crippen LogP contribution in [-0.2, 0) is 26.5 Å². The number of imidazole rings is 1. The van der Waals surface area contributed by atoms with Gasteiger partial charge in [-0.15, -0.1) is 29.3 Å². The number of pyridine rings is 1. The van der Waals surface area contributed by atoms with Gasteiger partial charge in [-0.25, -0.2) is 4.98 Å². The fraction of sp³-hybridized carbons (Fsp3) is 0.0769. The van der Waals surface area contributed by atoms with Crippen LogP contribution in [0.5, 0.6) is 5.75 Å². The fourth-order valence-electron chi connectivity index (χ4n) is 7.89. The van der Waals surface area contributed by atoms with E-state index in [9.17, 15) is 5.11 Å². The van der Waals surface area contributed by atoms with Gasteiger partial charge in [0.1, 0.15) is 22.7 Å². The standard InChI is InChI=1S/C52H38N3O2.Pt/c1-52(2,3)38-28-36(27-37(29-38)44-30-35(25-26-53-44)33-15-6-4-7-16-33)40-21-14-23-46-50(40)54-51(55(46)45-22-12-10-19-39(45)34-17-8-5-9-18-34)43-31-42-41-20-11-13-24-48(41)57-49(42)32-47(43)56;/h4-26,28-32,56H,1-3H3;/q-1;. The molecule has 3 heterocycles. The minimum Gasteiger partial charge on any atom is -0.507 e. The summed E-state index contributed by atoms with van der Waals surface area (Å²) in [5.74, 6) is 0.708. The Hall–Kier alpha value is -6.55. The molecule has 1 N–H and O–H groups in total. The first kappa shape index (κ1) is 37.0. The van der Waals surface area contributed by atoms with Crippen LogP contribution in [0.25, 0.3) is 94.7 Å². The maximum Gasteiger partial charge on any atom is 0.148 e. The first-order chi connectivity index (χ1) is 27.8. The summed E-state index contributed by atoms with van der Waals surface area (Å²) in [5.41, 5.74) is 13.6. The van der Waals surface area contributed by atoms with E-state index in [1.807, 2.05) is 48.7 Å². The van der Waals surface area contributed by atoms with Crippen molar-refractivity contribution < 1.29 is 30.6 Å². The quantitative estimate of drug-likeness (QED) is 0.169. The Morgan fingerprint density at radius 1 is 0.586 bits per heavy atom. The molecule has 10 aromatic rings. The molecule has 0 fully saturated rings. The van der Waals surface area contributed by atoms with Gasteiger partial charge in [-0.3, -0.25) is 9.55 Å². The number of hydrogen-bond donors (Lipinski definition) is 1. The Morgan fingerprint density at radius 3 is 2.07 bits per heavy atom. The van der Waals surface area contributed by atoms with Crippen LogP contribution in [0.15, 0.2) is 174 Å². The number of aromatic nitrogens is 3. The molecule has 7 aromatic carbocycles. The average molecular weight is 932 g/mol. The molecule has 5 nitrogen and oxygen atoms in total. The van der Waals surface area contributed by atoms with Crippen LogP contribution in [0.2, 0.25) is 0 Å². The van der Waals surface area contributed by atoms with Crippen molar-refractivity contribution in [2.24, 2.45) is 0 Å². The molecule has 0 aliphatic rings. The molecular weight excluding hydrogens is 894 g/mol. The van der Waals surface area contributed by atoms with Gasteiger partial charge in [-0.2, -0.15) is 0 Å². The zero-order chi connectivity index (χ0) is 38.7. The van der Waals surface area contributed by atoms with Crippen molar-refractivity contribution in [3.8, 4) is 67.5 Å². The zero-order valence-corrected chi connectivity index (χ0v) is 34.5. The molecule has 0 radical (unpaired) electrons. The SMILES string of the molecule is CC(C)(C)c1cc(-c2cc(-c3ccccc3)ccn2)[c-]c(-c2cccc3c2nc(-c2cc4c(cc2O)oc2ccccc24)n3-c2ccccc2-c2ccccc2)c1.[Pt]. The summed E-state index contributed by atoms with van der Waals surface area (Å²) in [5, 5.41) is 13.7. The number of para-hydroxylation sites is 3. The molecule has 284 valence electrons. The minimum atomic E-state index is -0.156. The summed E-state index contributed by atoms with van der Waals surface area (Å²) >= 11 is 0. The summed E-state index contributed by atoms with van der Waals surface area (Å²) in [4.78, 5) is 10.3. The van der Waals surface area contributed by atoms with E-state index >= 15 is 0 Å². The molecule has 0 aliphatic carbocycles. The topological polar surface area (TPSA) is 64.1 Å². The van der Waals surface area contributed by atoms with E-state index in [2.05, 4.69) is 147 Å². The molecule has 6 heteroatoms. The molecule has 0 amide bonds. The van der Waals surface area contributed by atoms with Crippen LogP contribution in [-0.4, -0.2) is 19.6 Å². The van der Waals surface area contributed by atoms with Gasteiger partial charge in [-0.05, 0) is 52.4 Å². The summed E-state index contributed by atoms with van der Waals surface area (Å²) < 4.78 is 8.36. The van der Waals surface area contributed by atoms with Crippen LogP contribution in [0.4, 0.5) is 0 Å². The Kier molecular flexibility index (Phi) is 9.42. The van der Waals surface area contributed by atoms with Crippen LogP contribution in [0.3, 0.4) is 0 Å². The smallest absolute Gasteiger partial charge is 0.148 e. The van der Waals surface area contributed by atoms with Crippen LogP contribution in [0, 0.1) is 6.07 Å². The molecule has 3 aromatic heterocycles. The summed E-state index contributed by atoms with van der Waals surface area (Å²) in [6, 6.07) is 59.6. The van der Waals surface area contributed by atoms with E-state index in [-0.39, 0.29) is 32.2 Å². The van der Waals surface area contributed by atoms with Crippen molar-refractivity contribution in [2.45, 2.75) is 26.2 Å². The van der Waals surface area contributed by atoms with Crippen LogP contribution in [0.1, 0.15) is 26.3 Å². The number of furan rings is 1. The molecule has 0 bridgehead atoms. The summed E-state index contributed by atoms with van der Waals surface area (Å²) in [6.07, 6.45) is 1.88. The van der Waals surface area contributed by atoms with Crippen molar-refractivity contribution >= 4 is 33.0 Å². The van der Waals surface area contributed by atoms with Gasteiger partial charge in [0.15, 0.2) is 0 Å². The first-order valence-corrected chi connectivity index (χ1v) is 19.2. The molecule has 58 heavy (non-hydrogen) atoms.